The Morgan fingerprint density at radius 1 is 1.14 bits per heavy atom. The first-order valence-electron chi connectivity index (χ1n) is 6.55. The van der Waals surface area contributed by atoms with Gasteiger partial charge in [-0.3, -0.25) is 4.79 Å². The van der Waals surface area contributed by atoms with Crippen molar-refractivity contribution < 1.29 is 10.0 Å². The minimum atomic E-state index is -0.209. The first kappa shape index (κ1) is 14.6. The van der Waals surface area contributed by atoms with E-state index in [-0.39, 0.29) is 17.8 Å². The van der Waals surface area contributed by atoms with E-state index in [4.69, 9.17) is 10.9 Å². The van der Waals surface area contributed by atoms with Crippen molar-refractivity contribution in [2.75, 3.05) is 0 Å². The molecule has 2 aromatic rings. The molecule has 1 unspecified atom stereocenters. The predicted octanol–water partition coefficient (Wildman–Crippen LogP) is 2.27. The number of nitrogens with one attached hydrogen (secondary N) is 1. The molecule has 2 aromatic carbocycles. The fourth-order valence-electron chi connectivity index (χ4n) is 1.98. The number of amides is 1. The molecule has 5 heteroatoms. The first-order valence-corrected chi connectivity index (χ1v) is 6.55. The molecular weight excluding hydrogens is 266 g/mol. The van der Waals surface area contributed by atoms with Gasteiger partial charge in [-0.25, -0.2) is 0 Å². The molecule has 2 rings (SSSR count). The Hall–Kier alpha value is -2.82. The molecule has 0 aliphatic heterocycles. The molecule has 0 aromatic heterocycles. The number of benzene rings is 2. The molecule has 21 heavy (non-hydrogen) atoms. The number of oxime groups is 1. The van der Waals surface area contributed by atoms with E-state index >= 15 is 0 Å². The Morgan fingerprint density at radius 2 is 1.81 bits per heavy atom. The SMILES string of the molecule is CC(NC(=O)c1cccc(/C(N)=N/O)c1)c1ccccc1. The molecule has 0 radical (unpaired) electrons. The van der Waals surface area contributed by atoms with E-state index in [0.717, 1.165) is 5.56 Å². The third-order valence-corrected chi connectivity index (χ3v) is 3.18. The van der Waals surface area contributed by atoms with E-state index in [1.54, 1.807) is 24.3 Å². The smallest absolute Gasteiger partial charge is 0.251 e. The molecule has 0 fully saturated rings. The Bertz CT molecular complexity index is 654. The van der Waals surface area contributed by atoms with Crippen molar-refractivity contribution in [2.45, 2.75) is 13.0 Å². The van der Waals surface area contributed by atoms with Crippen molar-refractivity contribution in [2.24, 2.45) is 10.9 Å². The van der Waals surface area contributed by atoms with Gasteiger partial charge in [-0.1, -0.05) is 47.6 Å². The zero-order chi connectivity index (χ0) is 15.2. The Morgan fingerprint density at radius 3 is 2.48 bits per heavy atom. The number of carbonyl (C=O) groups is 1. The lowest BCUT2D eigenvalue weighted by atomic mass is 10.1. The van der Waals surface area contributed by atoms with E-state index in [9.17, 15) is 4.79 Å². The summed E-state index contributed by atoms with van der Waals surface area (Å²) in [6.07, 6.45) is 0. The van der Waals surface area contributed by atoms with E-state index in [1.165, 1.54) is 0 Å². The predicted molar refractivity (Wildman–Crippen MR) is 81.3 cm³/mol. The van der Waals surface area contributed by atoms with Crippen LogP contribution >= 0.6 is 0 Å². The van der Waals surface area contributed by atoms with Crippen LogP contribution < -0.4 is 11.1 Å². The van der Waals surface area contributed by atoms with Gasteiger partial charge in [-0.05, 0) is 24.6 Å². The molecule has 0 saturated heterocycles. The third-order valence-electron chi connectivity index (χ3n) is 3.18. The highest BCUT2D eigenvalue weighted by Gasteiger charge is 2.12. The van der Waals surface area contributed by atoms with Gasteiger partial charge in [0.15, 0.2) is 5.84 Å². The van der Waals surface area contributed by atoms with Gasteiger partial charge in [0.2, 0.25) is 0 Å². The monoisotopic (exact) mass is 283 g/mol. The highest BCUT2D eigenvalue weighted by molar-refractivity contribution is 6.01. The summed E-state index contributed by atoms with van der Waals surface area (Å²) in [4.78, 5) is 12.2. The number of amidine groups is 1. The lowest BCUT2D eigenvalue weighted by Crippen LogP contribution is -2.27. The van der Waals surface area contributed by atoms with E-state index in [2.05, 4.69) is 10.5 Å². The van der Waals surface area contributed by atoms with Crippen LogP contribution in [-0.4, -0.2) is 17.0 Å². The fraction of sp³-hybridized carbons (Fsp3) is 0.125. The van der Waals surface area contributed by atoms with Crippen molar-refractivity contribution in [1.29, 1.82) is 0 Å². The summed E-state index contributed by atoms with van der Waals surface area (Å²) in [6.45, 7) is 1.92. The van der Waals surface area contributed by atoms with Gasteiger partial charge in [0.05, 0.1) is 6.04 Å². The number of hydrogen-bond donors (Lipinski definition) is 3. The van der Waals surface area contributed by atoms with Crippen LogP contribution in [0.5, 0.6) is 0 Å². The number of nitrogens with zero attached hydrogens (tertiary/aromatic N) is 1. The minimum absolute atomic E-state index is 0.0271. The molecule has 1 amide bonds. The Kier molecular flexibility index (Phi) is 4.56. The number of carbonyl (C=O) groups excluding carboxylic acids is 1. The third kappa shape index (κ3) is 3.60. The van der Waals surface area contributed by atoms with Crippen molar-refractivity contribution in [3.63, 3.8) is 0 Å². The second-order valence-corrected chi connectivity index (χ2v) is 4.67. The normalized spacial score (nSPS) is 12.7. The summed E-state index contributed by atoms with van der Waals surface area (Å²) in [6, 6.07) is 16.2. The van der Waals surface area contributed by atoms with Gasteiger partial charge in [0, 0.05) is 11.1 Å². The lowest BCUT2D eigenvalue weighted by molar-refractivity contribution is 0.0940. The molecule has 0 aliphatic rings. The van der Waals surface area contributed by atoms with Crippen LogP contribution in [0.1, 0.15) is 34.5 Å². The summed E-state index contributed by atoms with van der Waals surface area (Å²) in [5.74, 6) is -0.236. The molecule has 0 spiro atoms. The quantitative estimate of drug-likeness (QED) is 0.348. The van der Waals surface area contributed by atoms with Crippen LogP contribution in [0.2, 0.25) is 0 Å². The molecular formula is C16H17N3O2. The average Bonchev–Trinajstić information content (AvgIpc) is 2.55. The summed E-state index contributed by atoms with van der Waals surface area (Å²) in [5.41, 5.74) is 7.51. The van der Waals surface area contributed by atoms with Crippen molar-refractivity contribution in [3.8, 4) is 0 Å². The highest BCUT2D eigenvalue weighted by Crippen LogP contribution is 2.13. The minimum Gasteiger partial charge on any atom is -0.409 e. The van der Waals surface area contributed by atoms with Crippen LogP contribution in [0, 0.1) is 0 Å². The first-order chi connectivity index (χ1) is 10.1. The van der Waals surface area contributed by atoms with E-state index < -0.39 is 0 Å². The number of rotatable bonds is 4. The van der Waals surface area contributed by atoms with Gasteiger partial charge in [0.25, 0.3) is 5.91 Å². The summed E-state index contributed by atoms with van der Waals surface area (Å²) >= 11 is 0. The van der Waals surface area contributed by atoms with Gasteiger partial charge < -0.3 is 16.3 Å². The second-order valence-electron chi connectivity index (χ2n) is 4.67. The van der Waals surface area contributed by atoms with Crippen LogP contribution in [0.3, 0.4) is 0 Å². The number of hydrogen-bond acceptors (Lipinski definition) is 3. The maximum absolute atomic E-state index is 12.2. The molecule has 4 N–H and O–H groups in total. The summed E-state index contributed by atoms with van der Waals surface area (Å²) in [5, 5.41) is 14.5. The average molecular weight is 283 g/mol. The molecule has 108 valence electrons. The summed E-state index contributed by atoms with van der Waals surface area (Å²) in [7, 11) is 0. The Balaban J connectivity index is 2.14. The van der Waals surface area contributed by atoms with Crippen molar-refractivity contribution >= 4 is 11.7 Å². The Labute approximate surface area is 123 Å². The zero-order valence-corrected chi connectivity index (χ0v) is 11.7. The van der Waals surface area contributed by atoms with E-state index in [0.29, 0.717) is 11.1 Å². The lowest BCUT2D eigenvalue weighted by Gasteiger charge is -2.14. The van der Waals surface area contributed by atoms with Gasteiger partial charge in [-0.2, -0.15) is 0 Å². The topological polar surface area (TPSA) is 87.7 Å². The van der Waals surface area contributed by atoms with Crippen LogP contribution in [0.4, 0.5) is 0 Å². The fourth-order valence-corrected chi connectivity index (χ4v) is 1.98. The molecule has 0 bridgehead atoms. The molecule has 0 heterocycles. The van der Waals surface area contributed by atoms with Crippen molar-refractivity contribution in [3.05, 3.63) is 71.3 Å². The second kappa shape index (κ2) is 6.56. The zero-order valence-electron chi connectivity index (χ0n) is 11.7. The highest BCUT2D eigenvalue weighted by atomic mass is 16.4. The molecule has 5 nitrogen and oxygen atoms in total. The molecule has 0 saturated carbocycles. The van der Waals surface area contributed by atoms with Gasteiger partial charge in [-0.15, -0.1) is 0 Å². The van der Waals surface area contributed by atoms with E-state index in [1.807, 2.05) is 37.3 Å². The van der Waals surface area contributed by atoms with Gasteiger partial charge in [0.1, 0.15) is 0 Å². The van der Waals surface area contributed by atoms with Gasteiger partial charge >= 0.3 is 0 Å². The van der Waals surface area contributed by atoms with Crippen LogP contribution in [-0.2, 0) is 0 Å². The maximum Gasteiger partial charge on any atom is 0.251 e. The maximum atomic E-state index is 12.2. The van der Waals surface area contributed by atoms with Crippen LogP contribution in [0.25, 0.3) is 0 Å². The molecule has 1 atom stereocenters. The van der Waals surface area contributed by atoms with Crippen LogP contribution in [0.15, 0.2) is 59.8 Å². The standard InChI is InChI=1S/C16H17N3O2/c1-11(12-6-3-2-4-7-12)18-16(20)14-9-5-8-13(10-14)15(17)19-21/h2-11,21H,1H3,(H2,17,19)(H,18,20). The largest absolute Gasteiger partial charge is 0.409 e. The number of nitrogens with two attached hydrogens (primary N) is 1. The molecule has 0 aliphatic carbocycles. The summed E-state index contributed by atoms with van der Waals surface area (Å²) < 4.78 is 0. The van der Waals surface area contributed by atoms with Crippen molar-refractivity contribution in [1.82, 2.24) is 5.32 Å².